The predicted molar refractivity (Wildman–Crippen MR) is 92.9 cm³/mol. The number of anilines is 1. The van der Waals surface area contributed by atoms with Crippen LogP contribution in [0.1, 0.15) is 46.0 Å². The Bertz CT molecular complexity index is 390. The summed E-state index contributed by atoms with van der Waals surface area (Å²) in [5.74, 6) is 1.65. The van der Waals surface area contributed by atoms with Gasteiger partial charge in [0, 0.05) is 24.8 Å². The van der Waals surface area contributed by atoms with Gasteiger partial charge in [0.05, 0.1) is 0 Å². The van der Waals surface area contributed by atoms with Crippen molar-refractivity contribution in [3.05, 3.63) is 30.3 Å². The van der Waals surface area contributed by atoms with E-state index in [9.17, 15) is 0 Å². The molecule has 1 aliphatic carbocycles. The number of hydrogen-bond acceptors (Lipinski definition) is 2. The lowest BCUT2D eigenvalue weighted by Crippen LogP contribution is -2.44. The fraction of sp³-hybridized carbons (Fsp3) is 0.684. The Morgan fingerprint density at radius 1 is 1.19 bits per heavy atom. The number of unbranched alkanes of at least 4 members (excludes halogenated alkanes) is 1. The number of hydrogen-bond donors (Lipinski definition) is 1. The van der Waals surface area contributed by atoms with E-state index in [4.69, 9.17) is 0 Å². The van der Waals surface area contributed by atoms with Gasteiger partial charge in [0.1, 0.15) is 0 Å². The number of nitrogens with one attached hydrogen (secondary N) is 1. The van der Waals surface area contributed by atoms with Crippen LogP contribution in [0.15, 0.2) is 30.3 Å². The Kier molecular flexibility index (Phi) is 6.56. The first-order chi connectivity index (χ1) is 10.2. The van der Waals surface area contributed by atoms with Gasteiger partial charge < -0.3 is 10.2 Å². The highest BCUT2D eigenvalue weighted by Gasteiger charge is 2.29. The molecule has 1 aliphatic rings. The molecule has 2 nitrogen and oxygen atoms in total. The third kappa shape index (κ3) is 4.74. The second-order valence-electron chi connectivity index (χ2n) is 6.71. The molecule has 1 saturated carbocycles. The van der Waals surface area contributed by atoms with Crippen LogP contribution in [0.25, 0.3) is 0 Å². The Balaban J connectivity index is 2.06. The van der Waals surface area contributed by atoms with Gasteiger partial charge in [-0.25, -0.2) is 0 Å². The maximum atomic E-state index is 3.56. The third-order valence-electron chi connectivity index (χ3n) is 4.97. The van der Waals surface area contributed by atoms with Crippen molar-refractivity contribution in [1.82, 2.24) is 5.32 Å². The van der Waals surface area contributed by atoms with Crippen LogP contribution >= 0.6 is 0 Å². The van der Waals surface area contributed by atoms with Gasteiger partial charge >= 0.3 is 0 Å². The van der Waals surface area contributed by atoms with Crippen molar-refractivity contribution in [2.75, 3.05) is 25.0 Å². The van der Waals surface area contributed by atoms with Crippen LogP contribution < -0.4 is 10.2 Å². The van der Waals surface area contributed by atoms with Crippen LogP contribution in [-0.2, 0) is 0 Å². The lowest BCUT2D eigenvalue weighted by molar-refractivity contribution is 0.223. The van der Waals surface area contributed by atoms with Crippen LogP contribution in [0.2, 0.25) is 0 Å². The molecule has 2 rings (SSSR count). The molecule has 3 unspecified atom stereocenters. The Morgan fingerprint density at radius 3 is 2.62 bits per heavy atom. The van der Waals surface area contributed by atoms with E-state index in [1.54, 1.807) is 0 Å². The smallest absolute Gasteiger partial charge is 0.0366 e. The molecule has 1 fully saturated rings. The summed E-state index contributed by atoms with van der Waals surface area (Å²) in [5, 5.41) is 3.56. The first-order valence-electron chi connectivity index (χ1n) is 8.71. The zero-order valence-corrected chi connectivity index (χ0v) is 14.0. The van der Waals surface area contributed by atoms with Crippen molar-refractivity contribution in [1.29, 1.82) is 0 Å². The van der Waals surface area contributed by atoms with Gasteiger partial charge in [0.2, 0.25) is 0 Å². The van der Waals surface area contributed by atoms with E-state index in [2.05, 4.69) is 61.4 Å². The van der Waals surface area contributed by atoms with Crippen LogP contribution in [0, 0.1) is 11.8 Å². The van der Waals surface area contributed by atoms with Crippen LogP contribution in [0.5, 0.6) is 0 Å². The summed E-state index contributed by atoms with van der Waals surface area (Å²) >= 11 is 0. The second-order valence-corrected chi connectivity index (χ2v) is 6.71. The van der Waals surface area contributed by atoms with Crippen molar-refractivity contribution >= 4 is 5.69 Å². The fourth-order valence-electron chi connectivity index (χ4n) is 3.68. The summed E-state index contributed by atoms with van der Waals surface area (Å²) in [7, 11) is 2.13. The zero-order chi connectivity index (χ0) is 15.1. The van der Waals surface area contributed by atoms with Crippen LogP contribution in [-0.4, -0.2) is 26.2 Å². The van der Waals surface area contributed by atoms with Crippen LogP contribution in [0.3, 0.4) is 0 Å². The summed E-state index contributed by atoms with van der Waals surface area (Å²) < 4.78 is 0. The van der Waals surface area contributed by atoms with Crippen molar-refractivity contribution in [2.45, 2.75) is 52.0 Å². The highest BCUT2D eigenvalue weighted by Crippen LogP contribution is 2.30. The van der Waals surface area contributed by atoms with Gasteiger partial charge in [-0.15, -0.1) is 0 Å². The molecular weight excluding hydrogens is 256 g/mol. The maximum Gasteiger partial charge on any atom is 0.0366 e. The zero-order valence-electron chi connectivity index (χ0n) is 14.0. The quantitative estimate of drug-likeness (QED) is 0.804. The molecule has 2 heteroatoms. The molecule has 21 heavy (non-hydrogen) atoms. The first kappa shape index (κ1) is 16.4. The van der Waals surface area contributed by atoms with Gasteiger partial charge in [0.25, 0.3) is 0 Å². The van der Waals surface area contributed by atoms with E-state index >= 15 is 0 Å². The Hall–Kier alpha value is -1.02. The predicted octanol–water partition coefficient (Wildman–Crippen LogP) is 4.32. The Morgan fingerprint density at radius 2 is 1.95 bits per heavy atom. The number of nitrogens with zero attached hydrogens (tertiary/aromatic N) is 1. The molecule has 0 amide bonds. The molecule has 0 heterocycles. The highest BCUT2D eigenvalue weighted by atomic mass is 15.1. The molecule has 3 atom stereocenters. The normalized spacial score (nSPS) is 25.8. The minimum atomic E-state index is 0.689. The van der Waals surface area contributed by atoms with Gasteiger partial charge in [-0.2, -0.15) is 0 Å². The van der Waals surface area contributed by atoms with Crippen molar-refractivity contribution in [3.63, 3.8) is 0 Å². The van der Waals surface area contributed by atoms with Gasteiger partial charge in [-0.3, -0.25) is 0 Å². The van der Waals surface area contributed by atoms with E-state index in [1.807, 2.05) is 0 Å². The van der Waals surface area contributed by atoms with E-state index in [0.717, 1.165) is 11.8 Å². The molecule has 0 spiro atoms. The molecule has 0 aliphatic heterocycles. The van der Waals surface area contributed by atoms with Crippen LogP contribution in [0.4, 0.5) is 5.69 Å². The lowest BCUT2D eigenvalue weighted by Gasteiger charge is -2.38. The summed E-state index contributed by atoms with van der Waals surface area (Å²) in [6.07, 6.45) is 6.61. The maximum absolute atomic E-state index is 3.56. The molecule has 1 aromatic rings. The number of benzene rings is 1. The van der Waals surface area contributed by atoms with Crippen molar-refractivity contribution < 1.29 is 0 Å². The number of para-hydroxylation sites is 1. The van der Waals surface area contributed by atoms with E-state index in [1.165, 1.54) is 50.9 Å². The fourth-order valence-corrected chi connectivity index (χ4v) is 3.68. The first-order valence-corrected chi connectivity index (χ1v) is 8.71. The SMILES string of the molecule is CCCCN(CC1CC(C)CCC1NC)c1ccccc1. The summed E-state index contributed by atoms with van der Waals surface area (Å²) in [6, 6.07) is 11.6. The molecular formula is C19H32N2. The molecule has 0 aromatic heterocycles. The largest absolute Gasteiger partial charge is 0.371 e. The van der Waals surface area contributed by atoms with Gasteiger partial charge in [0.15, 0.2) is 0 Å². The summed E-state index contributed by atoms with van der Waals surface area (Å²) in [4.78, 5) is 2.61. The average Bonchev–Trinajstić information content (AvgIpc) is 2.52. The average molecular weight is 288 g/mol. The van der Waals surface area contributed by atoms with Crippen molar-refractivity contribution in [3.8, 4) is 0 Å². The van der Waals surface area contributed by atoms with Gasteiger partial charge in [-0.05, 0) is 56.7 Å². The Labute approximate surface area is 130 Å². The van der Waals surface area contributed by atoms with Crippen molar-refractivity contribution in [2.24, 2.45) is 11.8 Å². The minimum absolute atomic E-state index is 0.689. The molecule has 1 aromatic carbocycles. The molecule has 1 N–H and O–H groups in total. The molecule has 0 radical (unpaired) electrons. The van der Waals surface area contributed by atoms with E-state index < -0.39 is 0 Å². The lowest BCUT2D eigenvalue weighted by atomic mass is 9.78. The van der Waals surface area contributed by atoms with Gasteiger partial charge in [-0.1, -0.05) is 38.5 Å². The highest BCUT2D eigenvalue weighted by molar-refractivity contribution is 5.46. The minimum Gasteiger partial charge on any atom is -0.371 e. The van der Waals surface area contributed by atoms with E-state index in [-0.39, 0.29) is 0 Å². The second kappa shape index (κ2) is 8.43. The third-order valence-corrected chi connectivity index (χ3v) is 4.97. The molecule has 0 bridgehead atoms. The topological polar surface area (TPSA) is 15.3 Å². The number of rotatable bonds is 7. The summed E-state index contributed by atoms with van der Waals surface area (Å²) in [5.41, 5.74) is 1.39. The summed E-state index contributed by atoms with van der Waals surface area (Å²) in [6.45, 7) is 7.07. The van der Waals surface area contributed by atoms with E-state index in [0.29, 0.717) is 6.04 Å². The molecule has 0 saturated heterocycles. The molecule has 118 valence electrons. The monoisotopic (exact) mass is 288 g/mol. The standard InChI is InChI=1S/C19H32N2/c1-4-5-13-21(18-9-7-6-8-10-18)15-17-14-16(2)11-12-19(17)20-3/h6-10,16-17,19-20H,4-5,11-15H2,1-3H3.